The highest BCUT2D eigenvalue weighted by molar-refractivity contribution is 5.29. The van der Waals surface area contributed by atoms with Gasteiger partial charge < -0.3 is 5.73 Å². The van der Waals surface area contributed by atoms with E-state index in [9.17, 15) is 17.6 Å². The highest BCUT2D eigenvalue weighted by atomic mass is 19.4. The lowest BCUT2D eigenvalue weighted by Crippen LogP contribution is -2.17. The first-order chi connectivity index (χ1) is 8.88. The van der Waals surface area contributed by atoms with Gasteiger partial charge in [-0.1, -0.05) is 25.7 Å². The molecule has 0 aromatic heterocycles. The second kappa shape index (κ2) is 5.49. The molecule has 1 aromatic carbocycles. The van der Waals surface area contributed by atoms with Crippen LogP contribution in [-0.2, 0) is 6.18 Å². The fraction of sp³-hybridized carbons (Fsp3) is 0.571. The summed E-state index contributed by atoms with van der Waals surface area (Å²) in [5.74, 6) is -0.248. The quantitative estimate of drug-likeness (QED) is 0.812. The predicted octanol–water partition coefficient (Wildman–Crippen LogP) is 4.42. The minimum Gasteiger partial charge on any atom is -0.324 e. The van der Waals surface area contributed by atoms with E-state index in [0.717, 1.165) is 43.9 Å². The van der Waals surface area contributed by atoms with E-state index in [-0.39, 0.29) is 5.56 Å². The lowest BCUT2D eigenvalue weighted by Gasteiger charge is -2.18. The molecular formula is C14H17F4N. The summed E-state index contributed by atoms with van der Waals surface area (Å²) in [7, 11) is 0. The topological polar surface area (TPSA) is 26.0 Å². The maximum absolute atomic E-state index is 13.6. The van der Waals surface area contributed by atoms with Crippen LogP contribution in [0, 0.1) is 11.7 Å². The Morgan fingerprint density at radius 3 is 2.42 bits per heavy atom. The van der Waals surface area contributed by atoms with Gasteiger partial charge in [-0.25, -0.2) is 4.39 Å². The molecule has 2 rings (SSSR count). The fourth-order valence-electron chi connectivity index (χ4n) is 2.74. The molecule has 2 N–H and O–H groups in total. The van der Waals surface area contributed by atoms with Crippen molar-refractivity contribution in [1.82, 2.24) is 0 Å². The Labute approximate surface area is 109 Å². The minimum absolute atomic E-state index is 0.0262. The number of hydrogen-bond donors (Lipinski definition) is 1. The second-order valence-corrected chi connectivity index (χ2v) is 5.23. The highest BCUT2D eigenvalue weighted by Gasteiger charge is 2.32. The summed E-state index contributed by atoms with van der Waals surface area (Å²) in [6.07, 6.45) is 0.418. The molecule has 1 atom stereocenters. The molecule has 1 aromatic rings. The zero-order valence-corrected chi connectivity index (χ0v) is 10.5. The van der Waals surface area contributed by atoms with Crippen molar-refractivity contribution in [2.24, 2.45) is 11.7 Å². The first-order valence-electron chi connectivity index (χ1n) is 6.50. The summed E-state index contributed by atoms with van der Waals surface area (Å²) < 4.78 is 51.4. The van der Waals surface area contributed by atoms with Crippen LogP contribution in [0.1, 0.15) is 49.3 Å². The SMILES string of the molecule is NC(CC1CCCC1)c1cc(C(F)(F)F)ccc1F. The summed E-state index contributed by atoms with van der Waals surface area (Å²) in [4.78, 5) is 0. The van der Waals surface area contributed by atoms with Crippen molar-refractivity contribution < 1.29 is 17.6 Å². The summed E-state index contributed by atoms with van der Waals surface area (Å²) in [6, 6.07) is 1.79. The third-order valence-electron chi connectivity index (χ3n) is 3.78. The van der Waals surface area contributed by atoms with Crippen molar-refractivity contribution in [3.8, 4) is 0 Å². The molecule has 19 heavy (non-hydrogen) atoms. The van der Waals surface area contributed by atoms with Crippen LogP contribution in [-0.4, -0.2) is 0 Å². The molecule has 0 aliphatic heterocycles. The zero-order chi connectivity index (χ0) is 14.0. The average Bonchev–Trinajstić information content (AvgIpc) is 2.80. The van der Waals surface area contributed by atoms with Gasteiger partial charge >= 0.3 is 6.18 Å². The summed E-state index contributed by atoms with van der Waals surface area (Å²) >= 11 is 0. The molecule has 0 saturated heterocycles. The van der Waals surface area contributed by atoms with E-state index in [2.05, 4.69) is 0 Å². The van der Waals surface area contributed by atoms with E-state index in [1.54, 1.807) is 0 Å². The van der Waals surface area contributed by atoms with Crippen molar-refractivity contribution in [1.29, 1.82) is 0 Å². The molecular weight excluding hydrogens is 258 g/mol. The van der Waals surface area contributed by atoms with E-state index >= 15 is 0 Å². The molecule has 0 amide bonds. The van der Waals surface area contributed by atoms with Gasteiger partial charge in [0, 0.05) is 11.6 Å². The maximum atomic E-state index is 13.6. The Morgan fingerprint density at radius 2 is 1.84 bits per heavy atom. The van der Waals surface area contributed by atoms with Crippen molar-refractivity contribution in [3.63, 3.8) is 0 Å². The van der Waals surface area contributed by atoms with Gasteiger partial charge in [-0.2, -0.15) is 13.2 Å². The first kappa shape index (κ1) is 14.3. The van der Waals surface area contributed by atoms with Crippen molar-refractivity contribution in [3.05, 3.63) is 35.1 Å². The molecule has 0 spiro atoms. The Balaban J connectivity index is 2.17. The van der Waals surface area contributed by atoms with E-state index in [0.29, 0.717) is 12.3 Å². The summed E-state index contributed by atoms with van der Waals surface area (Å²) in [6.45, 7) is 0. The standard InChI is InChI=1S/C14H17F4N/c15-12-6-5-10(14(16,17)18)8-11(12)13(19)7-9-3-1-2-4-9/h5-6,8-9,13H,1-4,7,19H2. The van der Waals surface area contributed by atoms with Crippen molar-refractivity contribution in [2.75, 3.05) is 0 Å². The van der Waals surface area contributed by atoms with Gasteiger partial charge in [0.15, 0.2) is 0 Å². The Morgan fingerprint density at radius 1 is 1.21 bits per heavy atom. The normalized spacial score (nSPS) is 18.8. The second-order valence-electron chi connectivity index (χ2n) is 5.23. The number of rotatable bonds is 3. The number of nitrogens with two attached hydrogens (primary N) is 1. The molecule has 1 unspecified atom stereocenters. The van der Waals surface area contributed by atoms with Gasteiger partial charge in [0.25, 0.3) is 0 Å². The van der Waals surface area contributed by atoms with Crippen LogP contribution in [0.3, 0.4) is 0 Å². The van der Waals surface area contributed by atoms with Gasteiger partial charge in [0.05, 0.1) is 5.56 Å². The van der Waals surface area contributed by atoms with Crippen LogP contribution in [0.4, 0.5) is 17.6 Å². The van der Waals surface area contributed by atoms with E-state index in [1.165, 1.54) is 0 Å². The van der Waals surface area contributed by atoms with Gasteiger partial charge in [0.1, 0.15) is 5.82 Å². The van der Waals surface area contributed by atoms with Gasteiger partial charge in [-0.05, 0) is 30.5 Å². The lowest BCUT2D eigenvalue weighted by atomic mass is 9.93. The number of hydrogen-bond acceptors (Lipinski definition) is 1. The molecule has 106 valence electrons. The molecule has 1 aliphatic rings. The minimum atomic E-state index is -4.46. The maximum Gasteiger partial charge on any atom is 0.416 e. The Hall–Kier alpha value is -1.10. The molecule has 1 aliphatic carbocycles. The predicted molar refractivity (Wildman–Crippen MR) is 64.9 cm³/mol. The monoisotopic (exact) mass is 275 g/mol. The van der Waals surface area contributed by atoms with Crippen molar-refractivity contribution in [2.45, 2.75) is 44.3 Å². The van der Waals surface area contributed by atoms with Crippen LogP contribution < -0.4 is 5.73 Å². The molecule has 1 saturated carbocycles. The molecule has 5 heteroatoms. The molecule has 1 fully saturated rings. The lowest BCUT2D eigenvalue weighted by molar-refractivity contribution is -0.137. The Kier molecular flexibility index (Phi) is 4.13. The summed E-state index contributed by atoms with van der Waals surface area (Å²) in [5.41, 5.74) is 5.01. The van der Waals surface area contributed by atoms with Gasteiger partial charge in [-0.3, -0.25) is 0 Å². The average molecular weight is 275 g/mol. The van der Waals surface area contributed by atoms with Crippen LogP contribution in [0.25, 0.3) is 0 Å². The molecule has 0 heterocycles. The summed E-state index contributed by atoms with van der Waals surface area (Å²) in [5, 5.41) is 0. The van der Waals surface area contributed by atoms with Crippen molar-refractivity contribution >= 4 is 0 Å². The van der Waals surface area contributed by atoms with Crippen LogP contribution in [0.2, 0.25) is 0 Å². The number of benzene rings is 1. The van der Waals surface area contributed by atoms with E-state index in [4.69, 9.17) is 5.73 Å². The van der Waals surface area contributed by atoms with Gasteiger partial charge in [0.2, 0.25) is 0 Å². The first-order valence-corrected chi connectivity index (χ1v) is 6.50. The highest BCUT2D eigenvalue weighted by Crippen LogP contribution is 2.35. The van der Waals surface area contributed by atoms with E-state index in [1.807, 2.05) is 0 Å². The Bertz CT molecular complexity index is 436. The number of halogens is 4. The molecule has 0 bridgehead atoms. The fourth-order valence-corrected chi connectivity index (χ4v) is 2.74. The van der Waals surface area contributed by atoms with Crippen LogP contribution in [0.15, 0.2) is 18.2 Å². The zero-order valence-electron chi connectivity index (χ0n) is 10.5. The largest absolute Gasteiger partial charge is 0.416 e. The van der Waals surface area contributed by atoms with Crippen LogP contribution >= 0.6 is 0 Å². The molecule has 1 nitrogen and oxygen atoms in total. The number of alkyl halides is 3. The smallest absolute Gasteiger partial charge is 0.324 e. The third-order valence-corrected chi connectivity index (χ3v) is 3.78. The van der Waals surface area contributed by atoms with E-state index < -0.39 is 23.6 Å². The van der Waals surface area contributed by atoms with Crippen LogP contribution in [0.5, 0.6) is 0 Å². The third kappa shape index (κ3) is 3.47. The molecule has 0 radical (unpaired) electrons. The van der Waals surface area contributed by atoms with Gasteiger partial charge in [-0.15, -0.1) is 0 Å².